The minimum Gasteiger partial charge on any atom is -0.462 e. The van der Waals surface area contributed by atoms with Crippen LogP contribution < -0.4 is 10.2 Å². The molecule has 178 valence electrons. The molecule has 1 fully saturated rings. The number of carbonyl (C=O) groups is 2. The van der Waals surface area contributed by atoms with Gasteiger partial charge in [-0.05, 0) is 55.3 Å². The van der Waals surface area contributed by atoms with Crippen LogP contribution in [0.5, 0.6) is 0 Å². The number of benzene rings is 2. The van der Waals surface area contributed by atoms with Crippen molar-refractivity contribution >= 4 is 46.0 Å². The monoisotopic (exact) mass is 499 g/mol. The Morgan fingerprint density at radius 3 is 2.56 bits per heavy atom. The maximum absolute atomic E-state index is 12.8. The molecular weight excluding hydrogens is 474 g/mol. The summed E-state index contributed by atoms with van der Waals surface area (Å²) in [6, 6.07) is 14.2. The maximum Gasteiger partial charge on any atom is 0.338 e. The molecule has 2 aromatic carbocycles. The van der Waals surface area contributed by atoms with Gasteiger partial charge in [0, 0.05) is 54.8 Å². The van der Waals surface area contributed by atoms with Gasteiger partial charge in [-0.1, -0.05) is 23.7 Å². The van der Waals surface area contributed by atoms with Crippen molar-refractivity contribution in [2.75, 3.05) is 43.0 Å². The molecule has 4 rings (SSSR count). The fraction of sp³-hybridized carbons (Fsp3) is 0.333. The summed E-state index contributed by atoms with van der Waals surface area (Å²) in [7, 11) is 0. The number of nitrogens with zero attached hydrogens (tertiary/aromatic N) is 4. The lowest BCUT2D eigenvalue weighted by atomic mass is 10.1. The third-order valence-corrected chi connectivity index (χ3v) is 6.50. The Bertz CT molecular complexity index is 1120. The molecule has 0 saturated carbocycles. The maximum atomic E-state index is 12.8. The Hall–Kier alpha value is -3.17. The number of nitrogens with one attached hydrogen (secondary N) is 1. The highest BCUT2D eigenvalue weighted by Crippen LogP contribution is 2.21. The molecule has 1 saturated heterocycles. The highest BCUT2D eigenvalue weighted by Gasteiger charge is 2.21. The van der Waals surface area contributed by atoms with E-state index in [2.05, 4.69) is 14.6 Å². The van der Waals surface area contributed by atoms with Gasteiger partial charge in [-0.25, -0.2) is 14.6 Å². The second-order valence-corrected chi connectivity index (χ2v) is 9.02. The smallest absolute Gasteiger partial charge is 0.338 e. The second-order valence-electron chi connectivity index (χ2n) is 7.85. The number of ether oxygens (including phenoxy) is 1. The van der Waals surface area contributed by atoms with Gasteiger partial charge < -0.3 is 19.9 Å². The van der Waals surface area contributed by atoms with Gasteiger partial charge in [0.2, 0.25) is 5.13 Å². The van der Waals surface area contributed by atoms with Crippen LogP contribution in [-0.2, 0) is 11.2 Å². The summed E-state index contributed by atoms with van der Waals surface area (Å²) >= 11 is 7.35. The van der Waals surface area contributed by atoms with E-state index in [0.29, 0.717) is 48.9 Å². The molecule has 0 bridgehead atoms. The topological polar surface area (TPSA) is 87.7 Å². The summed E-state index contributed by atoms with van der Waals surface area (Å²) in [5, 5.41) is 4.50. The summed E-state index contributed by atoms with van der Waals surface area (Å²) in [6.45, 7) is 4.82. The minimum atomic E-state index is -0.374. The van der Waals surface area contributed by atoms with Gasteiger partial charge in [-0.3, -0.25) is 0 Å². The summed E-state index contributed by atoms with van der Waals surface area (Å²) in [5.74, 6) is 0.411. The lowest BCUT2D eigenvalue weighted by Gasteiger charge is -2.22. The quantitative estimate of drug-likeness (QED) is 0.494. The van der Waals surface area contributed by atoms with Crippen LogP contribution in [0, 0.1) is 0 Å². The van der Waals surface area contributed by atoms with Gasteiger partial charge >= 0.3 is 12.0 Å². The standard InChI is InChI=1S/C24H26ClN5O3S/c1-2-33-22(31)18-6-10-20(11-7-18)26-23(32)29-12-3-13-30(15-14-29)24-27-21(28-34-24)16-17-4-8-19(25)9-5-17/h4-11H,2-3,12-16H2,1H3,(H,26,32). The van der Waals surface area contributed by atoms with E-state index in [-0.39, 0.29) is 12.0 Å². The van der Waals surface area contributed by atoms with Crippen LogP contribution in [0.1, 0.15) is 35.1 Å². The van der Waals surface area contributed by atoms with Crippen LogP contribution in [-0.4, -0.2) is 59.0 Å². The van der Waals surface area contributed by atoms with Gasteiger partial charge in [0.1, 0.15) is 5.82 Å². The lowest BCUT2D eigenvalue weighted by molar-refractivity contribution is 0.0526. The summed E-state index contributed by atoms with van der Waals surface area (Å²) in [5.41, 5.74) is 2.20. The first kappa shape index (κ1) is 24.0. The predicted molar refractivity (Wildman–Crippen MR) is 134 cm³/mol. The van der Waals surface area contributed by atoms with Gasteiger partial charge in [0.15, 0.2) is 0 Å². The number of anilines is 2. The summed E-state index contributed by atoms with van der Waals surface area (Å²) < 4.78 is 9.50. The SMILES string of the molecule is CCOC(=O)c1ccc(NC(=O)N2CCCN(c3nc(Cc4ccc(Cl)cc4)ns3)CC2)cc1. The molecule has 0 atom stereocenters. The van der Waals surface area contributed by atoms with E-state index in [9.17, 15) is 9.59 Å². The van der Waals surface area contributed by atoms with Crippen molar-refractivity contribution in [2.45, 2.75) is 19.8 Å². The van der Waals surface area contributed by atoms with Crippen LogP contribution in [0.2, 0.25) is 5.02 Å². The Kier molecular flexibility index (Phi) is 7.97. The molecule has 3 aromatic rings. The number of rotatable bonds is 6. The molecule has 1 aliphatic rings. The summed E-state index contributed by atoms with van der Waals surface area (Å²) in [4.78, 5) is 33.3. The Labute approximate surface area is 207 Å². The largest absolute Gasteiger partial charge is 0.462 e. The number of amides is 2. The van der Waals surface area contributed by atoms with Crippen LogP contribution in [0.3, 0.4) is 0 Å². The molecule has 10 heteroatoms. The summed E-state index contributed by atoms with van der Waals surface area (Å²) in [6.07, 6.45) is 1.49. The van der Waals surface area contributed by atoms with Gasteiger partial charge in [-0.2, -0.15) is 4.37 Å². The van der Waals surface area contributed by atoms with Crippen molar-refractivity contribution in [1.29, 1.82) is 0 Å². The van der Waals surface area contributed by atoms with Crippen LogP contribution in [0.25, 0.3) is 0 Å². The first-order valence-corrected chi connectivity index (χ1v) is 12.3. The second kappa shape index (κ2) is 11.3. The average Bonchev–Trinajstić information content (AvgIpc) is 3.15. The zero-order valence-corrected chi connectivity index (χ0v) is 20.4. The van der Waals surface area contributed by atoms with Gasteiger partial charge in [0.25, 0.3) is 0 Å². The molecule has 0 spiro atoms. The van der Waals surface area contributed by atoms with E-state index in [1.807, 2.05) is 24.3 Å². The van der Waals surface area contributed by atoms with E-state index >= 15 is 0 Å². The molecule has 0 aliphatic carbocycles. The molecule has 2 heterocycles. The third kappa shape index (κ3) is 6.24. The van der Waals surface area contributed by atoms with Crippen molar-refractivity contribution in [1.82, 2.24) is 14.3 Å². The van der Waals surface area contributed by atoms with E-state index in [1.165, 1.54) is 11.5 Å². The first-order valence-electron chi connectivity index (χ1n) is 11.2. The van der Waals surface area contributed by atoms with E-state index in [4.69, 9.17) is 21.3 Å². The average molecular weight is 500 g/mol. The van der Waals surface area contributed by atoms with Gasteiger partial charge in [0.05, 0.1) is 12.2 Å². The van der Waals surface area contributed by atoms with Crippen LogP contribution >= 0.6 is 23.1 Å². The van der Waals surface area contributed by atoms with Crippen molar-refractivity contribution in [3.63, 3.8) is 0 Å². The highest BCUT2D eigenvalue weighted by molar-refractivity contribution is 7.09. The Morgan fingerprint density at radius 1 is 1.06 bits per heavy atom. The van der Waals surface area contributed by atoms with Crippen LogP contribution in [0.15, 0.2) is 48.5 Å². The molecule has 0 radical (unpaired) electrons. The van der Waals surface area contributed by atoms with E-state index < -0.39 is 0 Å². The molecule has 8 nitrogen and oxygen atoms in total. The highest BCUT2D eigenvalue weighted by atomic mass is 35.5. The number of esters is 1. The Balaban J connectivity index is 1.30. The van der Waals surface area contributed by atoms with E-state index in [0.717, 1.165) is 29.5 Å². The molecular formula is C24H26ClN5O3S. The Morgan fingerprint density at radius 2 is 1.82 bits per heavy atom. The number of halogens is 1. The normalized spacial score (nSPS) is 13.9. The van der Waals surface area contributed by atoms with Crippen molar-refractivity contribution < 1.29 is 14.3 Å². The molecule has 2 amide bonds. The fourth-order valence-corrected chi connectivity index (χ4v) is 4.51. The first-order chi connectivity index (χ1) is 16.5. The molecule has 1 aliphatic heterocycles. The van der Waals surface area contributed by atoms with Crippen molar-refractivity contribution in [3.8, 4) is 0 Å². The minimum absolute atomic E-state index is 0.161. The lowest BCUT2D eigenvalue weighted by Crippen LogP contribution is -2.38. The third-order valence-electron chi connectivity index (χ3n) is 5.43. The predicted octanol–water partition coefficient (Wildman–Crippen LogP) is 4.70. The number of carbonyl (C=O) groups excluding carboxylic acids is 2. The molecule has 34 heavy (non-hydrogen) atoms. The number of hydrogen-bond acceptors (Lipinski definition) is 7. The molecule has 0 unspecified atom stereocenters. The fourth-order valence-electron chi connectivity index (χ4n) is 3.65. The zero-order valence-electron chi connectivity index (χ0n) is 18.9. The van der Waals surface area contributed by atoms with Crippen molar-refractivity contribution in [3.05, 3.63) is 70.5 Å². The zero-order chi connectivity index (χ0) is 23.9. The molecule has 1 aromatic heterocycles. The van der Waals surface area contributed by atoms with Crippen molar-refractivity contribution in [2.24, 2.45) is 0 Å². The molecule has 1 N–H and O–H groups in total. The number of aromatic nitrogens is 2. The van der Waals surface area contributed by atoms with E-state index in [1.54, 1.807) is 36.1 Å². The number of hydrogen-bond donors (Lipinski definition) is 1. The number of urea groups is 1. The van der Waals surface area contributed by atoms with Gasteiger partial charge in [-0.15, -0.1) is 0 Å². The van der Waals surface area contributed by atoms with Crippen LogP contribution in [0.4, 0.5) is 15.6 Å².